The average Bonchev–Trinajstić information content (AvgIpc) is 3.01. The lowest BCUT2D eigenvalue weighted by atomic mass is 9.63. The van der Waals surface area contributed by atoms with Crippen molar-refractivity contribution in [3.05, 3.63) is 69.8 Å². The first-order valence-electron chi connectivity index (χ1n) is 9.90. The lowest BCUT2D eigenvalue weighted by Gasteiger charge is -2.42. The van der Waals surface area contributed by atoms with Gasteiger partial charge in [0, 0.05) is 0 Å². The van der Waals surface area contributed by atoms with E-state index >= 15 is 0 Å². The number of aromatic carboxylic acids is 1. The van der Waals surface area contributed by atoms with Crippen molar-refractivity contribution in [2.45, 2.75) is 64.2 Å². The molecule has 0 radical (unpaired) electrons. The number of carbonyl (C=O) groups is 1. The first kappa shape index (κ1) is 18.0. The van der Waals surface area contributed by atoms with E-state index < -0.39 is 5.97 Å². The van der Waals surface area contributed by atoms with Gasteiger partial charge in [0.15, 0.2) is 0 Å². The predicted molar refractivity (Wildman–Crippen MR) is 111 cm³/mol. The van der Waals surface area contributed by atoms with Crippen molar-refractivity contribution in [2.75, 3.05) is 0 Å². The van der Waals surface area contributed by atoms with Crippen molar-refractivity contribution in [3.8, 4) is 0 Å². The highest BCUT2D eigenvalue weighted by atomic mass is 16.4. The molecule has 0 spiro atoms. The van der Waals surface area contributed by atoms with Crippen molar-refractivity contribution in [1.82, 2.24) is 0 Å². The third-order valence-corrected chi connectivity index (χ3v) is 6.58. The summed E-state index contributed by atoms with van der Waals surface area (Å²) < 4.78 is 0. The third kappa shape index (κ3) is 3.12. The van der Waals surface area contributed by atoms with Crippen LogP contribution in [0.25, 0.3) is 11.6 Å². The van der Waals surface area contributed by atoms with Crippen LogP contribution >= 0.6 is 0 Å². The van der Waals surface area contributed by atoms with Crippen LogP contribution in [0.1, 0.15) is 85.1 Å². The summed E-state index contributed by atoms with van der Waals surface area (Å²) in [6.07, 6.45) is 6.64. The lowest BCUT2D eigenvalue weighted by molar-refractivity contribution is 0.0697. The monoisotopic (exact) mass is 360 g/mol. The maximum Gasteiger partial charge on any atom is 0.335 e. The minimum atomic E-state index is -0.852. The summed E-state index contributed by atoms with van der Waals surface area (Å²) in [5.41, 5.74) is 8.73. The van der Waals surface area contributed by atoms with E-state index in [-0.39, 0.29) is 10.8 Å². The number of fused-ring (bicyclic) bond motifs is 2. The van der Waals surface area contributed by atoms with E-state index in [0.717, 1.165) is 18.4 Å². The Bertz CT molecular complexity index is 960. The Hall–Kier alpha value is -2.35. The maximum absolute atomic E-state index is 11.2. The smallest absolute Gasteiger partial charge is 0.335 e. The molecule has 140 valence electrons. The zero-order valence-corrected chi connectivity index (χ0v) is 16.7. The number of carboxylic acid groups (broad SMARTS) is 1. The van der Waals surface area contributed by atoms with Gasteiger partial charge in [0.05, 0.1) is 5.56 Å². The summed E-state index contributed by atoms with van der Waals surface area (Å²) >= 11 is 0. The van der Waals surface area contributed by atoms with E-state index in [0.29, 0.717) is 5.56 Å². The Labute approximate surface area is 161 Å². The van der Waals surface area contributed by atoms with Gasteiger partial charge in [-0.05, 0) is 82.0 Å². The second kappa shape index (κ2) is 6.09. The molecule has 0 unspecified atom stereocenters. The molecule has 2 aliphatic carbocycles. The summed E-state index contributed by atoms with van der Waals surface area (Å²) in [5.74, 6) is -0.852. The Morgan fingerprint density at radius 1 is 0.926 bits per heavy atom. The second-order valence-electron chi connectivity index (χ2n) is 9.42. The fourth-order valence-corrected chi connectivity index (χ4v) is 4.70. The summed E-state index contributed by atoms with van der Waals surface area (Å²) in [6, 6.07) is 12.5. The molecule has 0 atom stereocenters. The van der Waals surface area contributed by atoms with Crippen LogP contribution in [0, 0.1) is 0 Å². The Balaban J connectivity index is 1.74. The van der Waals surface area contributed by atoms with Crippen LogP contribution in [-0.2, 0) is 17.3 Å². The lowest BCUT2D eigenvalue weighted by Crippen LogP contribution is -2.33. The SMILES string of the molecule is CC1(C)CCC(C)(C)c2cc(/C=C3/CCc4cc(C(=O)O)ccc43)ccc21. The second-order valence-corrected chi connectivity index (χ2v) is 9.42. The fraction of sp³-hybridized carbons (Fsp3) is 0.400. The molecular weight excluding hydrogens is 332 g/mol. The first-order chi connectivity index (χ1) is 12.7. The Morgan fingerprint density at radius 2 is 1.63 bits per heavy atom. The number of aryl methyl sites for hydroxylation is 1. The van der Waals surface area contributed by atoms with Gasteiger partial charge in [0.1, 0.15) is 0 Å². The van der Waals surface area contributed by atoms with Gasteiger partial charge in [-0.1, -0.05) is 58.0 Å². The molecule has 2 aromatic carbocycles. The minimum Gasteiger partial charge on any atom is -0.478 e. The number of hydrogen-bond donors (Lipinski definition) is 1. The first-order valence-corrected chi connectivity index (χ1v) is 9.90. The summed E-state index contributed by atoms with van der Waals surface area (Å²) in [7, 11) is 0. The highest BCUT2D eigenvalue weighted by Crippen LogP contribution is 2.46. The molecular formula is C25H28O2. The van der Waals surface area contributed by atoms with E-state index in [1.807, 2.05) is 12.1 Å². The predicted octanol–water partition coefficient (Wildman–Crippen LogP) is 6.22. The zero-order chi connectivity index (χ0) is 19.4. The van der Waals surface area contributed by atoms with Gasteiger partial charge in [-0.25, -0.2) is 4.79 Å². The average molecular weight is 360 g/mol. The maximum atomic E-state index is 11.2. The molecule has 0 heterocycles. The van der Waals surface area contributed by atoms with E-state index in [1.54, 1.807) is 6.07 Å². The number of benzene rings is 2. The number of hydrogen-bond acceptors (Lipinski definition) is 1. The molecule has 2 heteroatoms. The molecule has 0 aromatic heterocycles. The highest BCUT2D eigenvalue weighted by molar-refractivity contribution is 5.91. The normalized spacial score (nSPS) is 21.0. The van der Waals surface area contributed by atoms with Crippen LogP contribution in [0.3, 0.4) is 0 Å². The van der Waals surface area contributed by atoms with Crippen molar-refractivity contribution >= 4 is 17.6 Å². The van der Waals surface area contributed by atoms with Crippen LogP contribution in [0.2, 0.25) is 0 Å². The van der Waals surface area contributed by atoms with Gasteiger partial charge in [0.25, 0.3) is 0 Å². The molecule has 27 heavy (non-hydrogen) atoms. The topological polar surface area (TPSA) is 37.3 Å². The summed E-state index contributed by atoms with van der Waals surface area (Å²) in [6.45, 7) is 9.42. The van der Waals surface area contributed by atoms with Gasteiger partial charge in [0.2, 0.25) is 0 Å². The molecule has 0 saturated heterocycles. The molecule has 0 aliphatic heterocycles. The van der Waals surface area contributed by atoms with E-state index in [2.05, 4.69) is 52.0 Å². The quantitative estimate of drug-likeness (QED) is 0.690. The van der Waals surface area contributed by atoms with E-state index in [1.165, 1.54) is 40.7 Å². The molecule has 0 fully saturated rings. The van der Waals surface area contributed by atoms with Gasteiger partial charge in [-0.2, -0.15) is 0 Å². The van der Waals surface area contributed by atoms with E-state index in [4.69, 9.17) is 0 Å². The standard InChI is InChI=1S/C25H28O2/c1-24(2)11-12-25(3,4)22-14-16(5-10-21(22)24)13-17-6-7-18-15-19(23(26)27)8-9-20(17)18/h5,8-10,13-15H,6-7,11-12H2,1-4H3,(H,26,27)/b17-13-. The van der Waals surface area contributed by atoms with Crippen LogP contribution in [-0.4, -0.2) is 11.1 Å². The number of allylic oxidation sites excluding steroid dienone is 1. The van der Waals surface area contributed by atoms with Crippen LogP contribution in [0.5, 0.6) is 0 Å². The minimum absolute atomic E-state index is 0.212. The third-order valence-electron chi connectivity index (χ3n) is 6.58. The molecule has 0 amide bonds. The molecule has 1 N–H and O–H groups in total. The molecule has 0 bridgehead atoms. The summed E-state index contributed by atoms with van der Waals surface area (Å²) in [4.78, 5) is 11.2. The van der Waals surface area contributed by atoms with E-state index in [9.17, 15) is 9.90 Å². The van der Waals surface area contributed by atoms with Crippen LogP contribution < -0.4 is 0 Å². The molecule has 0 saturated carbocycles. The largest absolute Gasteiger partial charge is 0.478 e. The van der Waals surface area contributed by atoms with Gasteiger partial charge < -0.3 is 5.11 Å². The number of rotatable bonds is 2. The zero-order valence-electron chi connectivity index (χ0n) is 16.7. The van der Waals surface area contributed by atoms with Crippen molar-refractivity contribution in [1.29, 1.82) is 0 Å². The molecule has 4 rings (SSSR count). The van der Waals surface area contributed by atoms with Crippen LogP contribution in [0.4, 0.5) is 0 Å². The highest BCUT2D eigenvalue weighted by Gasteiger charge is 2.36. The number of carboxylic acids is 1. The van der Waals surface area contributed by atoms with Crippen molar-refractivity contribution in [3.63, 3.8) is 0 Å². The molecule has 2 aliphatic rings. The molecule has 2 nitrogen and oxygen atoms in total. The summed E-state index contributed by atoms with van der Waals surface area (Å²) in [5, 5.41) is 9.21. The van der Waals surface area contributed by atoms with Crippen molar-refractivity contribution in [2.24, 2.45) is 0 Å². The van der Waals surface area contributed by atoms with Gasteiger partial charge in [-0.3, -0.25) is 0 Å². The fourth-order valence-electron chi connectivity index (χ4n) is 4.70. The molecule has 2 aromatic rings. The Morgan fingerprint density at radius 3 is 2.33 bits per heavy atom. The van der Waals surface area contributed by atoms with Gasteiger partial charge >= 0.3 is 5.97 Å². The van der Waals surface area contributed by atoms with Gasteiger partial charge in [-0.15, -0.1) is 0 Å². The Kier molecular flexibility index (Phi) is 4.06. The van der Waals surface area contributed by atoms with Crippen molar-refractivity contribution < 1.29 is 9.90 Å². The van der Waals surface area contributed by atoms with Crippen LogP contribution in [0.15, 0.2) is 36.4 Å².